The van der Waals surface area contributed by atoms with Gasteiger partial charge in [0, 0.05) is 85.3 Å². The molecule has 0 saturated carbocycles. The van der Waals surface area contributed by atoms with Crippen LogP contribution in [0.15, 0.2) is 273 Å². The minimum absolute atomic E-state index is 0.000743. The average molecular weight is 1490 g/mol. The van der Waals surface area contributed by atoms with E-state index in [1.54, 1.807) is 0 Å². The van der Waals surface area contributed by atoms with Crippen LogP contribution in [0.1, 0.15) is 126 Å². The zero-order chi connectivity index (χ0) is 78.6. The molecule has 9 heteroatoms. The Hall–Kier alpha value is -10.6. The molecule has 0 unspecified atom stereocenters. The monoisotopic (exact) mass is 1490 g/mol. The predicted molar refractivity (Wildman–Crippen MR) is 494 cm³/mol. The summed E-state index contributed by atoms with van der Waals surface area (Å²) in [6.07, 6.45) is 0.795. The Balaban J connectivity index is 0.873. The van der Waals surface area contributed by atoms with Crippen LogP contribution < -0.4 is 72.8 Å². The van der Waals surface area contributed by atoms with Crippen LogP contribution in [-0.2, 0) is 28.1 Å². The number of fused-ring (bicyclic) bond motifs is 8. The van der Waals surface area contributed by atoms with Crippen LogP contribution >= 0.6 is 0 Å². The molecule has 0 aromatic heterocycles. The van der Waals surface area contributed by atoms with Crippen LogP contribution in [-0.4, -0.2) is 29.6 Å². The highest BCUT2D eigenvalue weighted by atomic mass is 28.3. The van der Waals surface area contributed by atoms with E-state index in [4.69, 9.17) is 0 Å². The van der Waals surface area contributed by atoms with Crippen molar-refractivity contribution in [2.75, 3.05) is 24.5 Å². The van der Waals surface area contributed by atoms with Crippen molar-refractivity contribution in [3.05, 3.63) is 323 Å². The van der Waals surface area contributed by atoms with Gasteiger partial charge in [-0.3, -0.25) is 0 Å². The van der Waals surface area contributed by atoms with E-state index in [-0.39, 0.29) is 35.1 Å². The quantitative estimate of drug-likeness (QED) is 0.107. The van der Waals surface area contributed by atoms with Gasteiger partial charge in [0.05, 0.1) is 8.07 Å². The first-order valence-corrected chi connectivity index (χ1v) is 47.2. The largest absolute Gasteiger partial charge is 0.312 e. The Kier molecular flexibility index (Phi) is 17.9. The first kappa shape index (κ1) is 74.2. The van der Waals surface area contributed by atoms with Gasteiger partial charge in [0.25, 0.3) is 13.4 Å². The molecule has 5 nitrogen and oxygen atoms in total. The number of nitrogens with zero attached hydrogens (tertiary/aromatic N) is 5. The Morgan fingerprint density at radius 1 is 0.321 bits per heavy atom. The summed E-state index contributed by atoms with van der Waals surface area (Å²) in [5.74, 6) is 0. The topological polar surface area (TPSA) is 16.2 Å². The molecule has 0 bridgehead atoms. The summed E-state index contributed by atoms with van der Waals surface area (Å²) in [6, 6.07) is 107. The van der Waals surface area contributed by atoms with E-state index in [0.29, 0.717) is 0 Å². The third kappa shape index (κ3) is 12.7. The molecule has 0 spiro atoms. The lowest BCUT2D eigenvalue weighted by atomic mass is 9.33. The molecule has 0 aliphatic carbocycles. The zero-order valence-corrected chi connectivity index (χ0v) is 71.6. The van der Waals surface area contributed by atoms with Crippen molar-refractivity contribution in [2.45, 2.75) is 165 Å². The molecular formula is C103H107B2N5Si2. The summed E-state index contributed by atoms with van der Waals surface area (Å²) in [4.78, 5) is 13.2. The van der Waals surface area contributed by atoms with Crippen LogP contribution in [0.5, 0.6) is 0 Å². The van der Waals surface area contributed by atoms with Gasteiger partial charge in [-0.25, -0.2) is 0 Å². The van der Waals surface area contributed by atoms with Crippen LogP contribution in [0.25, 0.3) is 0 Å². The molecule has 4 aliphatic heterocycles. The van der Waals surface area contributed by atoms with Crippen molar-refractivity contribution in [2.24, 2.45) is 0 Å². The highest BCUT2D eigenvalue weighted by Gasteiger charge is 2.50. The molecule has 0 atom stereocenters. The minimum atomic E-state index is -2.47. The summed E-state index contributed by atoms with van der Waals surface area (Å²) >= 11 is 0. The van der Waals surface area contributed by atoms with Gasteiger partial charge >= 0.3 is 0 Å². The zero-order valence-electron chi connectivity index (χ0n) is 69.6. The number of benzene rings is 13. The van der Waals surface area contributed by atoms with Gasteiger partial charge in [0.15, 0.2) is 0 Å². The Morgan fingerprint density at radius 2 is 0.714 bits per heavy atom. The first-order chi connectivity index (χ1) is 53.2. The molecule has 13 aromatic carbocycles. The van der Waals surface area contributed by atoms with Gasteiger partial charge in [-0.05, 0) is 236 Å². The van der Waals surface area contributed by atoms with Gasteiger partial charge in [-0.2, -0.15) is 0 Å². The highest BCUT2D eigenvalue weighted by Crippen LogP contribution is 2.51. The van der Waals surface area contributed by atoms with Gasteiger partial charge in [-0.1, -0.05) is 300 Å². The van der Waals surface area contributed by atoms with Crippen LogP contribution in [0, 0.1) is 27.7 Å². The van der Waals surface area contributed by atoms with E-state index in [2.05, 4.69) is 434 Å². The second kappa shape index (κ2) is 27.1. The number of para-hydroxylation sites is 1. The molecule has 17 rings (SSSR count). The van der Waals surface area contributed by atoms with E-state index in [0.717, 1.165) is 23.5 Å². The molecule has 0 saturated heterocycles. The van der Waals surface area contributed by atoms with Crippen molar-refractivity contribution in [3.8, 4) is 0 Å². The van der Waals surface area contributed by atoms with Crippen molar-refractivity contribution < 1.29 is 0 Å². The number of aryl methyl sites for hydroxylation is 4. The summed E-state index contributed by atoms with van der Waals surface area (Å²) in [7, 11) is -4.90. The smallest absolute Gasteiger partial charge is 0.252 e. The van der Waals surface area contributed by atoms with E-state index in [1.807, 2.05) is 0 Å². The van der Waals surface area contributed by atoms with Crippen LogP contribution in [0.3, 0.4) is 0 Å². The van der Waals surface area contributed by atoms with E-state index in [9.17, 15) is 0 Å². The summed E-state index contributed by atoms with van der Waals surface area (Å²) in [5.41, 5.74) is 37.3. The minimum Gasteiger partial charge on any atom is -0.312 e. The number of hydrogen-bond donors (Lipinski definition) is 0. The van der Waals surface area contributed by atoms with Crippen LogP contribution in [0.2, 0.25) is 32.7 Å². The lowest BCUT2D eigenvalue weighted by Gasteiger charge is -2.47. The van der Waals surface area contributed by atoms with Gasteiger partial charge in [-0.15, -0.1) is 0 Å². The van der Waals surface area contributed by atoms with E-state index in [1.165, 1.54) is 167 Å². The third-order valence-electron chi connectivity index (χ3n) is 24.8. The van der Waals surface area contributed by atoms with Gasteiger partial charge < -0.3 is 24.5 Å². The fourth-order valence-corrected chi connectivity index (χ4v) is 23.4. The van der Waals surface area contributed by atoms with Crippen molar-refractivity contribution in [1.29, 1.82) is 0 Å². The third-order valence-corrected chi connectivity index (χ3v) is 30.4. The van der Waals surface area contributed by atoms with Crippen molar-refractivity contribution in [3.63, 3.8) is 0 Å². The molecule has 0 fully saturated rings. The summed E-state index contributed by atoms with van der Waals surface area (Å²) in [5, 5.41) is 4.28. The van der Waals surface area contributed by atoms with Crippen molar-refractivity contribution in [1.82, 2.24) is 0 Å². The molecule has 4 aliphatic rings. The molecule has 112 heavy (non-hydrogen) atoms. The normalized spacial score (nSPS) is 13.8. The summed E-state index contributed by atoms with van der Waals surface area (Å²) < 4.78 is 0. The molecule has 558 valence electrons. The summed E-state index contributed by atoms with van der Waals surface area (Å²) in [6.45, 7) is 47.8. The maximum atomic E-state index is 2.70. The van der Waals surface area contributed by atoms with E-state index >= 15 is 0 Å². The van der Waals surface area contributed by atoms with Crippen molar-refractivity contribution >= 4 is 163 Å². The number of rotatable bonds is 13. The second-order valence-electron chi connectivity index (χ2n) is 38.0. The number of anilines is 15. The van der Waals surface area contributed by atoms with E-state index < -0.39 is 16.1 Å². The first-order valence-electron chi connectivity index (χ1n) is 40.7. The fourth-order valence-electron chi connectivity index (χ4n) is 18.8. The lowest BCUT2D eigenvalue weighted by molar-refractivity contribution is 0.523. The molecule has 0 radical (unpaired) electrons. The maximum absolute atomic E-state index is 2.70. The molecular weight excluding hydrogens is 1380 g/mol. The maximum Gasteiger partial charge on any atom is 0.252 e. The Bertz CT molecular complexity index is 5830. The standard InChI is InChI=1S/C103H107B2N5Si2/c1-67-34-46-77(47-35-67)108-87-54-38-69(3)60-83(87)104-84-61-70(4)39-55-89(84)110(79-48-36-68(2)37-49-79)98-96(104)92(108)65-93(99(98)111(16,17)18)106(76-29-23-21-24-30-76)81-31-27-28-71(62-81)66-103(14,15)75-45-57-90-86(64-75)105-85-63-74(102(11,12)13)44-56-88(85)107(78-50-40-72(41-51-78)100(5,6)7)91-58-59-94(112(19,20)82-32-25-22-26-33-82)97(95(91)105)109(90)80-52-42-73(43-53-80)101(8,9)10/h21-65H,66H2,1-20H3. The average Bonchev–Trinajstić information content (AvgIpc) is 0.687. The molecule has 13 aromatic rings. The molecule has 0 amide bonds. The van der Waals surface area contributed by atoms with Crippen LogP contribution in [0.4, 0.5) is 85.3 Å². The van der Waals surface area contributed by atoms with Gasteiger partial charge in [0.1, 0.15) is 8.07 Å². The lowest BCUT2D eigenvalue weighted by Crippen LogP contribution is -2.65. The predicted octanol–water partition coefficient (Wildman–Crippen LogP) is 22.3. The SMILES string of the molecule is Cc1ccc(N2c3ccc(C)cc3B3c4cc(C)ccc4N(c4ccc(C)cc4)c4c3c2cc(N(c2ccccc2)c2cccc(CC(C)(C)c3ccc5c(c3)B3c6cc(C(C)(C)C)ccc6N(c6ccc(C(C)(C)C)cc6)c6ccc([Si](C)(C)c7ccccc7)c(c63)N5c3ccc(C(C)(C)C)cc3)c2)c4[Si](C)(C)C)cc1. The van der Waals surface area contributed by atoms with Gasteiger partial charge in [0.2, 0.25) is 0 Å². The number of hydrogen-bond acceptors (Lipinski definition) is 5. The fraction of sp³-hybridized carbons (Fsp3) is 0.243. The Labute approximate surface area is 670 Å². The Morgan fingerprint density at radius 3 is 1.22 bits per heavy atom. The molecule has 0 N–H and O–H groups in total. The highest BCUT2D eigenvalue weighted by molar-refractivity contribution is 7.05. The molecule has 4 heterocycles. The second-order valence-corrected chi connectivity index (χ2v) is 47.3.